The molecule has 0 radical (unpaired) electrons. The largest absolute Gasteiger partial charge is 0.350 e. The van der Waals surface area contributed by atoms with Gasteiger partial charge in [-0.15, -0.1) is 11.3 Å². The lowest BCUT2D eigenvalue weighted by Gasteiger charge is -2.05. The second-order valence-corrected chi connectivity index (χ2v) is 7.51. The fourth-order valence-corrected chi connectivity index (χ4v) is 4.20. The molecule has 0 fully saturated rings. The normalized spacial score (nSPS) is 11.7. The molecule has 0 aliphatic heterocycles. The van der Waals surface area contributed by atoms with Crippen LogP contribution in [-0.4, -0.2) is 20.7 Å². The summed E-state index contributed by atoms with van der Waals surface area (Å²) in [6.45, 7) is 0. The number of para-hydroxylation sites is 1. The molecule has 7 heteroatoms. The Labute approximate surface area is 170 Å². The summed E-state index contributed by atoms with van der Waals surface area (Å²) in [6.07, 6.45) is 3.51. The van der Waals surface area contributed by atoms with Crippen LogP contribution in [-0.2, 0) is 7.05 Å². The van der Waals surface area contributed by atoms with Gasteiger partial charge in [0, 0.05) is 35.3 Å². The Morgan fingerprint density at radius 1 is 1.07 bits per heavy atom. The van der Waals surface area contributed by atoms with E-state index >= 15 is 0 Å². The number of hydrazone groups is 1. The molecule has 3 aromatic heterocycles. The molecule has 0 aliphatic carbocycles. The zero-order valence-corrected chi connectivity index (χ0v) is 16.3. The number of fused-ring (bicyclic) bond motifs is 2. The number of aromatic nitrogens is 3. The first kappa shape index (κ1) is 17.5. The summed E-state index contributed by atoms with van der Waals surface area (Å²) in [5.41, 5.74) is 7.11. The van der Waals surface area contributed by atoms with Crippen molar-refractivity contribution in [1.82, 2.24) is 14.5 Å². The number of anilines is 1. The highest BCUT2D eigenvalue weighted by Crippen LogP contribution is 2.36. The summed E-state index contributed by atoms with van der Waals surface area (Å²) in [7, 11) is 2.02. The van der Waals surface area contributed by atoms with E-state index in [0.717, 1.165) is 32.4 Å². The number of hydrogen-bond donors (Lipinski definition) is 1. The average Bonchev–Trinajstić information content (AvgIpc) is 3.34. The predicted octanol–water partition coefficient (Wildman–Crippen LogP) is 5.44. The van der Waals surface area contributed by atoms with Crippen LogP contribution < -0.4 is 5.43 Å². The van der Waals surface area contributed by atoms with E-state index in [1.807, 2.05) is 30.6 Å². The van der Waals surface area contributed by atoms with Crippen LogP contribution in [0.4, 0.5) is 10.3 Å². The maximum Gasteiger partial charge on any atom is 0.244 e. The van der Waals surface area contributed by atoms with Gasteiger partial charge in [0.25, 0.3) is 0 Å². The standard InChI is InChI=1S/C22H16FN5S/c1-28-13-16(15-7-3-5-9-19(15)28)20-21-18(10-11-29-21)25-22(26-20)27-24-12-14-6-2-4-8-17(14)23/h2-13H,1H3,(H,25,26,27)/b24-12+. The van der Waals surface area contributed by atoms with Crippen LogP contribution in [0.1, 0.15) is 5.56 Å². The average molecular weight is 401 g/mol. The Kier molecular flexibility index (Phi) is 4.29. The molecule has 0 saturated heterocycles. The quantitative estimate of drug-likeness (QED) is 0.322. The fraction of sp³-hybridized carbons (Fsp3) is 0.0455. The van der Waals surface area contributed by atoms with Crippen LogP contribution in [0, 0.1) is 5.82 Å². The molecule has 2 aromatic carbocycles. The first-order valence-electron chi connectivity index (χ1n) is 9.04. The molecule has 0 amide bonds. The van der Waals surface area contributed by atoms with E-state index in [1.165, 1.54) is 12.3 Å². The van der Waals surface area contributed by atoms with Gasteiger partial charge in [0.05, 0.1) is 22.1 Å². The maximum atomic E-state index is 13.8. The number of aryl methyl sites for hydroxylation is 1. The molecule has 0 bridgehead atoms. The molecule has 5 rings (SSSR count). The van der Waals surface area contributed by atoms with Crippen LogP contribution in [0.5, 0.6) is 0 Å². The summed E-state index contributed by atoms with van der Waals surface area (Å²) in [5.74, 6) is 0.0372. The van der Waals surface area contributed by atoms with Crippen molar-refractivity contribution in [2.24, 2.45) is 12.1 Å². The van der Waals surface area contributed by atoms with Gasteiger partial charge in [-0.2, -0.15) is 5.10 Å². The highest BCUT2D eigenvalue weighted by atomic mass is 32.1. The number of nitrogens with zero attached hydrogens (tertiary/aromatic N) is 4. The van der Waals surface area contributed by atoms with Gasteiger partial charge in [-0.3, -0.25) is 0 Å². The molecule has 0 spiro atoms. The summed E-state index contributed by atoms with van der Waals surface area (Å²) in [6, 6.07) is 16.6. The second-order valence-electron chi connectivity index (χ2n) is 6.59. The number of rotatable bonds is 4. The van der Waals surface area contributed by atoms with E-state index in [-0.39, 0.29) is 5.82 Å². The van der Waals surface area contributed by atoms with Crippen molar-refractivity contribution in [2.75, 3.05) is 5.43 Å². The number of nitrogens with one attached hydrogen (secondary N) is 1. The van der Waals surface area contributed by atoms with Crippen molar-refractivity contribution in [3.63, 3.8) is 0 Å². The Hall–Kier alpha value is -3.58. The number of thiophene rings is 1. The summed E-state index contributed by atoms with van der Waals surface area (Å²) >= 11 is 1.61. The van der Waals surface area contributed by atoms with Crippen LogP contribution in [0.15, 0.2) is 71.3 Å². The van der Waals surface area contributed by atoms with Gasteiger partial charge in [-0.1, -0.05) is 36.4 Å². The van der Waals surface area contributed by atoms with E-state index in [1.54, 1.807) is 29.5 Å². The monoisotopic (exact) mass is 401 g/mol. The number of hydrogen-bond acceptors (Lipinski definition) is 5. The van der Waals surface area contributed by atoms with E-state index in [2.05, 4.69) is 38.4 Å². The van der Waals surface area contributed by atoms with Crippen molar-refractivity contribution in [1.29, 1.82) is 0 Å². The Balaban J connectivity index is 1.58. The van der Waals surface area contributed by atoms with Gasteiger partial charge in [-0.05, 0) is 23.6 Å². The van der Waals surface area contributed by atoms with Crippen LogP contribution in [0.2, 0.25) is 0 Å². The Morgan fingerprint density at radius 3 is 2.79 bits per heavy atom. The third-order valence-electron chi connectivity index (χ3n) is 4.73. The van der Waals surface area contributed by atoms with E-state index < -0.39 is 0 Å². The minimum Gasteiger partial charge on any atom is -0.350 e. The third kappa shape index (κ3) is 3.15. The maximum absolute atomic E-state index is 13.8. The van der Waals surface area contributed by atoms with Gasteiger partial charge in [0.15, 0.2) is 0 Å². The third-order valence-corrected chi connectivity index (χ3v) is 5.64. The molecule has 1 N–H and O–H groups in total. The minimum atomic E-state index is -0.330. The van der Waals surface area contributed by atoms with Crippen LogP contribution in [0.3, 0.4) is 0 Å². The lowest BCUT2D eigenvalue weighted by Crippen LogP contribution is -1.99. The fourth-order valence-electron chi connectivity index (χ4n) is 3.37. The van der Waals surface area contributed by atoms with Crippen LogP contribution >= 0.6 is 11.3 Å². The molecule has 29 heavy (non-hydrogen) atoms. The lowest BCUT2D eigenvalue weighted by molar-refractivity contribution is 0.626. The Morgan fingerprint density at radius 2 is 1.90 bits per heavy atom. The summed E-state index contributed by atoms with van der Waals surface area (Å²) < 4.78 is 16.9. The van der Waals surface area contributed by atoms with Crippen molar-refractivity contribution in [3.05, 3.63) is 77.6 Å². The van der Waals surface area contributed by atoms with Gasteiger partial charge in [0.1, 0.15) is 5.82 Å². The highest BCUT2D eigenvalue weighted by Gasteiger charge is 2.15. The van der Waals surface area contributed by atoms with Crippen molar-refractivity contribution in [3.8, 4) is 11.3 Å². The molecule has 0 atom stereocenters. The highest BCUT2D eigenvalue weighted by molar-refractivity contribution is 7.17. The number of halogens is 1. The Bertz CT molecular complexity index is 1370. The van der Waals surface area contributed by atoms with Crippen molar-refractivity contribution < 1.29 is 4.39 Å². The SMILES string of the molecule is Cn1cc(-c2nc(N/N=C/c3ccccc3F)nc3ccsc23)c2ccccc21. The van der Waals surface area contributed by atoms with Crippen molar-refractivity contribution in [2.45, 2.75) is 0 Å². The number of benzene rings is 2. The molecular formula is C22H16FN5S. The zero-order valence-electron chi connectivity index (χ0n) is 15.5. The molecule has 0 saturated carbocycles. The van der Waals surface area contributed by atoms with Gasteiger partial charge in [0.2, 0.25) is 5.95 Å². The lowest BCUT2D eigenvalue weighted by atomic mass is 10.1. The first-order chi connectivity index (χ1) is 14.2. The smallest absolute Gasteiger partial charge is 0.244 e. The summed E-state index contributed by atoms with van der Waals surface area (Å²) in [4.78, 5) is 9.26. The van der Waals surface area contributed by atoms with E-state index in [9.17, 15) is 4.39 Å². The first-order valence-corrected chi connectivity index (χ1v) is 9.92. The molecule has 5 aromatic rings. The zero-order chi connectivity index (χ0) is 19.8. The van der Waals surface area contributed by atoms with Crippen LogP contribution in [0.25, 0.3) is 32.4 Å². The second kappa shape index (κ2) is 7.10. The van der Waals surface area contributed by atoms with Gasteiger partial charge in [-0.25, -0.2) is 19.8 Å². The van der Waals surface area contributed by atoms with Crippen molar-refractivity contribution >= 4 is 44.6 Å². The molecule has 3 heterocycles. The van der Waals surface area contributed by atoms with Gasteiger partial charge < -0.3 is 4.57 Å². The van der Waals surface area contributed by atoms with Gasteiger partial charge >= 0.3 is 0 Å². The predicted molar refractivity (Wildman–Crippen MR) is 117 cm³/mol. The molecule has 142 valence electrons. The molecular weight excluding hydrogens is 385 g/mol. The van der Waals surface area contributed by atoms with E-state index in [4.69, 9.17) is 4.98 Å². The summed E-state index contributed by atoms with van der Waals surface area (Å²) in [5, 5.41) is 7.25. The molecule has 0 aliphatic rings. The topological polar surface area (TPSA) is 55.1 Å². The molecule has 0 unspecified atom stereocenters. The van der Waals surface area contributed by atoms with E-state index in [0.29, 0.717) is 11.5 Å². The minimum absolute atomic E-state index is 0.330. The molecule has 5 nitrogen and oxygen atoms in total.